The summed E-state index contributed by atoms with van der Waals surface area (Å²) in [6.07, 6.45) is 7.69. The maximum atomic E-state index is 11.6. The Labute approximate surface area is 155 Å². The number of carbonyl (C=O) groups is 2. The molecule has 5 heteroatoms. The van der Waals surface area contributed by atoms with E-state index < -0.39 is 11.9 Å². The molecule has 0 spiro atoms. The third kappa shape index (κ3) is 9.67. The topological polar surface area (TPSA) is 61.8 Å². The molecule has 142 valence electrons. The van der Waals surface area contributed by atoms with Crippen molar-refractivity contribution >= 4 is 18.0 Å². The van der Waals surface area contributed by atoms with Crippen molar-refractivity contribution in [3.63, 3.8) is 0 Å². The number of ether oxygens (including phenoxy) is 3. The molecule has 0 aromatic heterocycles. The Balaban J connectivity index is 2.26. The fraction of sp³-hybridized carbons (Fsp3) is 0.429. The molecule has 1 aromatic rings. The van der Waals surface area contributed by atoms with E-state index in [0.717, 1.165) is 24.3 Å². The Morgan fingerprint density at radius 1 is 1.00 bits per heavy atom. The highest BCUT2D eigenvalue weighted by Gasteiger charge is 2.03. The molecule has 0 saturated heterocycles. The molecule has 0 unspecified atom stereocenters. The summed E-state index contributed by atoms with van der Waals surface area (Å²) in [7, 11) is 0. The van der Waals surface area contributed by atoms with Gasteiger partial charge in [0.25, 0.3) is 0 Å². The summed E-state index contributed by atoms with van der Waals surface area (Å²) < 4.78 is 15.4. The molecule has 0 bridgehead atoms. The van der Waals surface area contributed by atoms with Gasteiger partial charge in [0.2, 0.25) is 0 Å². The molecular formula is C21H28O5. The largest absolute Gasteiger partial charge is 0.494 e. The number of hydrogen-bond acceptors (Lipinski definition) is 5. The van der Waals surface area contributed by atoms with Crippen molar-refractivity contribution in [1.82, 2.24) is 0 Å². The first-order valence-corrected chi connectivity index (χ1v) is 8.93. The number of hydrogen-bond donors (Lipinski definition) is 0. The lowest BCUT2D eigenvalue weighted by atomic mass is 10.2. The van der Waals surface area contributed by atoms with E-state index in [-0.39, 0.29) is 13.2 Å². The molecule has 0 saturated carbocycles. The number of benzene rings is 1. The third-order valence-corrected chi connectivity index (χ3v) is 3.47. The fourth-order valence-electron chi connectivity index (χ4n) is 2.01. The Hall–Kier alpha value is -2.56. The highest BCUT2D eigenvalue weighted by atomic mass is 16.6. The molecule has 0 aliphatic heterocycles. The molecular weight excluding hydrogens is 332 g/mol. The second-order valence-corrected chi connectivity index (χ2v) is 5.90. The molecule has 0 N–H and O–H groups in total. The van der Waals surface area contributed by atoms with Gasteiger partial charge < -0.3 is 14.2 Å². The minimum atomic E-state index is -0.496. The fourth-order valence-corrected chi connectivity index (χ4v) is 2.01. The zero-order chi connectivity index (χ0) is 19.2. The predicted molar refractivity (Wildman–Crippen MR) is 102 cm³/mol. The minimum Gasteiger partial charge on any atom is -0.494 e. The van der Waals surface area contributed by atoms with Crippen molar-refractivity contribution in [2.24, 2.45) is 0 Å². The lowest BCUT2D eigenvalue weighted by Gasteiger charge is -2.06. The van der Waals surface area contributed by atoms with E-state index in [0.29, 0.717) is 5.57 Å². The Morgan fingerprint density at radius 3 is 2.35 bits per heavy atom. The molecule has 0 amide bonds. The van der Waals surface area contributed by atoms with Crippen molar-refractivity contribution < 1.29 is 23.8 Å². The molecule has 0 radical (unpaired) electrons. The Morgan fingerprint density at radius 2 is 1.69 bits per heavy atom. The summed E-state index contributed by atoms with van der Waals surface area (Å²) in [5.41, 5.74) is 1.18. The van der Waals surface area contributed by atoms with Gasteiger partial charge in [0.1, 0.15) is 19.0 Å². The monoisotopic (exact) mass is 360 g/mol. The first-order valence-electron chi connectivity index (χ1n) is 8.93. The molecule has 26 heavy (non-hydrogen) atoms. The van der Waals surface area contributed by atoms with E-state index in [2.05, 4.69) is 13.5 Å². The van der Waals surface area contributed by atoms with Crippen LogP contribution in [0.5, 0.6) is 5.75 Å². The Bertz CT molecular complexity index is 601. The normalized spacial score (nSPS) is 10.5. The van der Waals surface area contributed by atoms with Crippen LogP contribution in [0.4, 0.5) is 0 Å². The van der Waals surface area contributed by atoms with Crippen LogP contribution in [-0.4, -0.2) is 31.8 Å². The van der Waals surface area contributed by atoms with Crippen LogP contribution in [0.3, 0.4) is 0 Å². The smallest absolute Gasteiger partial charge is 0.333 e. The lowest BCUT2D eigenvalue weighted by Crippen LogP contribution is -2.12. The minimum absolute atomic E-state index is 0.00695. The SMILES string of the molecule is C=C(C)C(=O)OCCOC(=O)/C=C/c1ccc(OCCCCCC)cc1. The molecule has 0 aliphatic rings. The van der Waals surface area contributed by atoms with Crippen LogP contribution in [-0.2, 0) is 19.1 Å². The van der Waals surface area contributed by atoms with Gasteiger partial charge in [0.05, 0.1) is 6.61 Å². The van der Waals surface area contributed by atoms with Crippen LogP contribution in [0.1, 0.15) is 45.1 Å². The zero-order valence-corrected chi connectivity index (χ0v) is 15.7. The number of esters is 2. The van der Waals surface area contributed by atoms with E-state index >= 15 is 0 Å². The molecule has 1 aromatic carbocycles. The van der Waals surface area contributed by atoms with Gasteiger partial charge in [-0.05, 0) is 37.1 Å². The van der Waals surface area contributed by atoms with Crippen molar-refractivity contribution in [2.45, 2.75) is 39.5 Å². The maximum absolute atomic E-state index is 11.6. The number of unbranched alkanes of at least 4 members (excludes halogenated alkanes) is 3. The quantitative estimate of drug-likeness (QED) is 0.315. The summed E-state index contributed by atoms with van der Waals surface area (Å²) in [6, 6.07) is 7.50. The van der Waals surface area contributed by atoms with Gasteiger partial charge in [-0.1, -0.05) is 44.9 Å². The predicted octanol–water partition coefficient (Wildman–Crippen LogP) is 4.32. The van der Waals surface area contributed by atoms with Gasteiger partial charge in [-0.2, -0.15) is 0 Å². The van der Waals surface area contributed by atoms with Crippen molar-refractivity contribution in [3.05, 3.63) is 48.1 Å². The molecule has 0 fully saturated rings. The second kappa shape index (κ2) is 12.8. The van der Waals surface area contributed by atoms with Gasteiger partial charge in [0, 0.05) is 11.6 Å². The molecule has 0 aliphatic carbocycles. The maximum Gasteiger partial charge on any atom is 0.333 e. The van der Waals surface area contributed by atoms with Crippen molar-refractivity contribution in [1.29, 1.82) is 0 Å². The van der Waals surface area contributed by atoms with Gasteiger partial charge in [-0.25, -0.2) is 9.59 Å². The van der Waals surface area contributed by atoms with E-state index in [9.17, 15) is 9.59 Å². The van der Waals surface area contributed by atoms with Gasteiger partial charge in [0.15, 0.2) is 0 Å². The summed E-state index contributed by atoms with van der Waals surface area (Å²) in [5, 5.41) is 0. The van der Waals surface area contributed by atoms with E-state index in [1.165, 1.54) is 25.3 Å². The second-order valence-electron chi connectivity index (χ2n) is 5.90. The third-order valence-electron chi connectivity index (χ3n) is 3.47. The highest BCUT2D eigenvalue weighted by molar-refractivity contribution is 5.87. The van der Waals surface area contributed by atoms with Gasteiger partial charge >= 0.3 is 11.9 Å². The lowest BCUT2D eigenvalue weighted by molar-refractivity contribution is -0.146. The van der Waals surface area contributed by atoms with Crippen LogP contribution in [0.15, 0.2) is 42.5 Å². The first kappa shape index (κ1) is 21.5. The van der Waals surface area contributed by atoms with E-state index in [1.807, 2.05) is 24.3 Å². The average Bonchev–Trinajstić information content (AvgIpc) is 2.64. The molecule has 0 heterocycles. The van der Waals surface area contributed by atoms with Crippen LogP contribution in [0.2, 0.25) is 0 Å². The number of carbonyl (C=O) groups excluding carboxylic acids is 2. The summed E-state index contributed by atoms with van der Waals surface area (Å²) in [5.74, 6) is -0.169. The first-order chi connectivity index (χ1) is 12.5. The summed E-state index contributed by atoms with van der Waals surface area (Å²) in [6.45, 7) is 7.94. The average molecular weight is 360 g/mol. The number of rotatable bonds is 12. The van der Waals surface area contributed by atoms with Crippen LogP contribution in [0.25, 0.3) is 6.08 Å². The standard InChI is InChI=1S/C21H28O5/c1-4-5-6-7-14-24-19-11-8-18(9-12-19)10-13-20(22)25-15-16-26-21(23)17(2)3/h8-13H,2,4-7,14-16H2,1,3H3/b13-10+. The zero-order valence-electron chi connectivity index (χ0n) is 15.7. The molecule has 5 nitrogen and oxygen atoms in total. The summed E-state index contributed by atoms with van der Waals surface area (Å²) in [4.78, 5) is 22.7. The molecule has 0 atom stereocenters. The van der Waals surface area contributed by atoms with E-state index in [1.54, 1.807) is 13.0 Å². The van der Waals surface area contributed by atoms with Gasteiger partial charge in [-0.3, -0.25) is 0 Å². The van der Waals surface area contributed by atoms with Crippen LogP contribution < -0.4 is 4.74 Å². The van der Waals surface area contributed by atoms with Gasteiger partial charge in [-0.15, -0.1) is 0 Å². The van der Waals surface area contributed by atoms with Crippen molar-refractivity contribution in [3.8, 4) is 5.75 Å². The van der Waals surface area contributed by atoms with Crippen LogP contribution >= 0.6 is 0 Å². The van der Waals surface area contributed by atoms with Crippen molar-refractivity contribution in [2.75, 3.05) is 19.8 Å². The Kier molecular flexibility index (Phi) is 10.5. The molecule has 1 rings (SSSR count). The summed E-state index contributed by atoms with van der Waals surface area (Å²) >= 11 is 0. The van der Waals surface area contributed by atoms with E-state index in [4.69, 9.17) is 14.2 Å². The highest BCUT2D eigenvalue weighted by Crippen LogP contribution is 2.14. The van der Waals surface area contributed by atoms with Crippen LogP contribution in [0, 0.1) is 0 Å².